The molecule has 0 spiro atoms. The highest BCUT2D eigenvalue weighted by Gasteiger charge is 2.31. The van der Waals surface area contributed by atoms with Crippen LogP contribution in [-0.2, 0) is 19.2 Å². The van der Waals surface area contributed by atoms with Crippen molar-refractivity contribution in [2.45, 2.75) is 38.5 Å². The molecule has 4 amide bonds. The van der Waals surface area contributed by atoms with Crippen LogP contribution in [0.4, 0.5) is 0 Å². The Kier molecular flexibility index (Phi) is 6.40. The van der Waals surface area contributed by atoms with Crippen molar-refractivity contribution in [3.05, 3.63) is 23.3 Å². The quantitative estimate of drug-likeness (QED) is 0.449. The predicted molar refractivity (Wildman–Crippen MR) is 88.5 cm³/mol. The van der Waals surface area contributed by atoms with Crippen LogP contribution in [0.25, 0.3) is 0 Å². The lowest BCUT2D eigenvalue weighted by molar-refractivity contribution is -0.139. The average molecular weight is 354 g/mol. The highest BCUT2D eigenvalue weighted by molar-refractivity contribution is 6.16. The summed E-state index contributed by atoms with van der Waals surface area (Å²) in [5, 5.41) is 17.2. The van der Waals surface area contributed by atoms with E-state index in [0.717, 1.165) is 22.6 Å². The highest BCUT2D eigenvalue weighted by atomic mass is 16.2. The molecule has 8 nitrogen and oxygen atoms in total. The predicted octanol–water partition coefficient (Wildman–Crippen LogP) is 0.965. The molecule has 0 saturated heterocycles. The Morgan fingerprint density at radius 2 is 1.08 bits per heavy atom. The Morgan fingerprint density at radius 3 is 1.42 bits per heavy atom. The molecule has 0 aromatic carbocycles. The summed E-state index contributed by atoms with van der Waals surface area (Å²) in [5.41, 5.74) is 0.452. The van der Waals surface area contributed by atoms with Crippen molar-refractivity contribution in [1.82, 2.24) is 9.80 Å². The van der Waals surface area contributed by atoms with E-state index in [1.165, 1.54) is 12.2 Å². The lowest BCUT2D eigenvalue weighted by atomic mass is 10.1. The zero-order valence-electron chi connectivity index (χ0n) is 14.2. The maximum Gasteiger partial charge on any atom is 0.257 e. The lowest BCUT2D eigenvalue weighted by Gasteiger charge is -2.15. The third-order valence-corrected chi connectivity index (χ3v) is 4.22. The van der Waals surface area contributed by atoms with E-state index in [0.29, 0.717) is 25.9 Å². The topological polar surface area (TPSA) is 122 Å². The van der Waals surface area contributed by atoms with E-state index in [-0.39, 0.29) is 35.8 Å². The molecule has 0 atom stereocenters. The zero-order valence-corrected chi connectivity index (χ0v) is 14.2. The van der Waals surface area contributed by atoms with Crippen molar-refractivity contribution < 1.29 is 19.2 Å². The smallest absolute Gasteiger partial charge is 0.257 e. The van der Waals surface area contributed by atoms with Crippen molar-refractivity contribution in [2.75, 3.05) is 13.1 Å². The Balaban J connectivity index is 1.65. The molecule has 0 aliphatic carbocycles. The Bertz CT molecular complexity index is 716. The Hall–Kier alpha value is -3.26. The van der Waals surface area contributed by atoms with Gasteiger partial charge in [-0.25, -0.2) is 0 Å². The molecule has 2 rings (SSSR count). The van der Waals surface area contributed by atoms with Crippen molar-refractivity contribution in [3.8, 4) is 12.1 Å². The molecule has 0 saturated carbocycles. The largest absolute Gasteiger partial charge is 0.275 e. The van der Waals surface area contributed by atoms with Crippen LogP contribution < -0.4 is 0 Å². The minimum Gasteiger partial charge on any atom is -0.275 e. The van der Waals surface area contributed by atoms with Crippen LogP contribution in [-0.4, -0.2) is 46.5 Å². The maximum atomic E-state index is 11.9. The van der Waals surface area contributed by atoms with Gasteiger partial charge in [-0.15, -0.1) is 0 Å². The number of hydrogen-bond acceptors (Lipinski definition) is 6. The number of amides is 4. The summed E-state index contributed by atoms with van der Waals surface area (Å²) in [6.45, 7) is 0.580. The summed E-state index contributed by atoms with van der Waals surface area (Å²) in [6, 6.07) is 3.72. The molecule has 0 aromatic rings. The number of nitrogens with zero attached hydrogens (tertiary/aromatic N) is 4. The molecule has 0 bridgehead atoms. The van der Waals surface area contributed by atoms with E-state index in [1.807, 2.05) is 12.1 Å². The molecule has 8 heteroatoms. The molecule has 2 aliphatic rings. The van der Waals surface area contributed by atoms with Crippen molar-refractivity contribution >= 4 is 23.6 Å². The SMILES string of the molecule is N#CCC1=CC(=O)N(CCCCCCN2C(=O)C=C(CC#N)C2=O)C1=O. The fourth-order valence-corrected chi connectivity index (χ4v) is 2.86. The summed E-state index contributed by atoms with van der Waals surface area (Å²) < 4.78 is 0. The van der Waals surface area contributed by atoms with E-state index in [9.17, 15) is 19.2 Å². The summed E-state index contributed by atoms with van der Waals surface area (Å²) in [6.07, 6.45) is 4.99. The van der Waals surface area contributed by atoms with E-state index in [4.69, 9.17) is 10.5 Å². The van der Waals surface area contributed by atoms with Gasteiger partial charge in [0.2, 0.25) is 0 Å². The van der Waals surface area contributed by atoms with Crippen molar-refractivity contribution in [3.63, 3.8) is 0 Å². The molecule has 26 heavy (non-hydrogen) atoms. The van der Waals surface area contributed by atoms with Gasteiger partial charge in [-0.3, -0.25) is 29.0 Å². The first-order chi connectivity index (χ1) is 12.5. The fourth-order valence-electron chi connectivity index (χ4n) is 2.86. The normalized spacial score (nSPS) is 16.7. The molecule has 0 N–H and O–H groups in total. The van der Waals surface area contributed by atoms with Crippen LogP contribution in [0, 0.1) is 22.7 Å². The number of nitriles is 2. The number of imide groups is 2. The van der Waals surface area contributed by atoms with Gasteiger partial charge in [0.15, 0.2) is 0 Å². The number of carbonyl (C=O) groups is 4. The first kappa shape index (κ1) is 19.1. The van der Waals surface area contributed by atoms with Crippen molar-refractivity contribution in [2.24, 2.45) is 0 Å². The summed E-state index contributed by atoms with van der Waals surface area (Å²) in [4.78, 5) is 49.6. The number of carbonyl (C=O) groups excluding carboxylic acids is 4. The molecule has 2 heterocycles. The number of unbranched alkanes of at least 4 members (excludes halogenated alkanes) is 3. The molecule has 134 valence electrons. The van der Waals surface area contributed by atoms with Gasteiger partial charge in [0.05, 0.1) is 25.0 Å². The maximum absolute atomic E-state index is 11.9. The molecular weight excluding hydrogens is 336 g/mol. The lowest BCUT2D eigenvalue weighted by Crippen LogP contribution is -2.32. The van der Waals surface area contributed by atoms with Crippen molar-refractivity contribution in [1.29, 1.82) is 10.5 Å². The molecule has 0 aromatic heterocycles. The standard InChI is InChI=1S/C18H18N4O4/c19-7-5-13-11-15(23)21(17(13)25)9-3-1-2-4-10-22-16(24)12-14(6-8-20)18(22)26/h11-12H,1-6,9-10H2. The van der Waals surface area contributed by atoms with Crippen LogP contribution in [0.3, 0.4) is 0 Å². The Labute approximate surface area is 151 Å². The molecule has 0 unspecified atom stereocenters. The van der Waals surface area contributed by atoms with Gasteiger partial charge in [-0.1, -0.05) is 12.8 Å². The second-order valence-corrected chi connectivity index (χ2v) is 6.01. The third-order valence-electron chi connectivity index (χ3n) is 4.22. The minimum absolute atomic E-state index is 0.0687. The zero-order chi connectivity index (χ0) is 19.1. The Morgan fingerprint density at radius 1 is 0.692 bits per heavy atom. The summed E-state index contributed by atoms with van der Waals surface area (Å²) in [5.74, 6) is -1.57. The van der Waals surface area contributed by atoms with Crippen LogP contribution in [0.5, 0.6) is 0 Å². The van der Waals surface area contributed by atoms with Crippen LogP contribution in [0.1, 0.15) is 38.5 Å². The van der Waals surface area contributed by atoms with E-state index in [2.05, 4.69) is 0 Å². The summed E-state index contributed by atoms with van der Waals surface area (Å²) in [7, 11) is 0. The second-order valence-electron chi connectivity index (χ2n) is 6.01. The molecule has 2 aliphatic heterocycles. The van der Waals surface area contributed by atoms with Gasteiger partial charge < -0.3 is 0 Å². The van der Waals surface area contributed by atoms with Gasteiger partial charge in [0.1, 0.15) is 0 Å². The average Bonchev–Trinajstić information content (AvgIpc) is 3.02. The second kappa shape index (κ2) is 8.72. The third kappa shape index (κ3) is 4.22. The van der Waals surface area contributed by atoms with Gasteiger partial charge in [-0.05, 0) is 12.8 Å². The van der Waals surface area contributed by atoms with Gasteiger partial charge >= 0.3 is 0 Å². The monoisotopic (exact) mass is 354 g/mol. The van der Waals surface area contributed by atoms with E-state index in [1.54, 1.807) is 0 Å². The minimum atomic E-state index is -0.402. The van der Waals surface area contributed by atoms with E-state index >= 15 is 0 Å². The first-order valence-electron chi connectivity index (χ1n) is 8.36. The van der Waals surface area contributed by atoms with Crippen LogP contribution >= 0.6 is 0 Å². The highest BCUT2D eigenvalue weighted by Crippen LogP contribution is 2.18. The number of hydrogen-bond donors (Lipinski definition) is 0. The molecular formula is C18H18N4O4. The van der Waals surface area contributed by atoms with Crippen LogP contribution in [0.15, 0.2) is 23.3 Å². The van der Waals surface area contributed by atoms with Gasteiger partial charge in [0.25, 0.3) is 23.6 Å². The molecule has 0 radical (unpaired) electrons. The summed E-state index contributed by atoms with van der Waals surface area (Å²) >= 11 is 0. The number of rotatable bonds is 9. The van der Waals surface area contributed by atoms with Crippen LogP contribution in [0.2, 0.25) is 0 Å². The molecule has 0 fully saturated rings. The van der Waals surface area contributed by atoms with E-state index < -0.39 is 11.8 Å². The van der Waals surface area contributed by atoms with Gasteiger partial charge in [-0.2, -0.15) is 10.5 Å². The van der Waals surface area contributed by atoms with Gasteiger partial charge in [0, 0.05) is 36.4 Å². The first-order valence-corrected chi connectivity index (χ1v) is 8.36. The fraction of sp³-hybridized carbons (Fsp3) is 0.444.